The SMILES string of the molecule is COc1nc(NC(=O)c2cc3ccc(N4CCC(N(C)C)C4)nc3s2)cn2cc(C)nc12. The van der Waals surface area contributed by atoms with Crippen LogP contribution in [-0.2, 0) is 0 Å². The number of hydrogen-bond acceptors (Lipinski definition) is 8. The summed E-state index contributed by atoms with van der Waals surface area (Å²) in [5, 5.41) is 3.83. The fraction of sp³-hybridized carbons (Fsp3) is 0.364. The number of methoxy groups -OCH3 is 1. The third-order valence-electron chi connectivity index (χ3n) is 5.77. The van der Waals surface area contributed by atoms with E-state index in [1.807, 2.05) is 31.3 Å². The van der Waals surface area contributed by atoms with E-state index in [-0.39, 0.29) is 5.91 Å². The predicted octanol–water partition coefficient (Wildman–Crippen LogP) is 3.05. The van der Waals surface area contributed by atoms with Crippen LogP contribution in [0.25, 0.3) is 15.9 Å². The number of aryl methyl sites for hydroxylation is 1. The fourth-order valence-electron chi connectivity index (χ4n) is 4.04. The van der Waals surface area contributed by atoms with Gasteiger partial charge in [-0.15, -0.1) is 11.3 Å². The van der Waals surface area contributed by atoms with Gasteiger partial charge in [-0.1, -0.05) is 0 Å². The molecule has 1 aliphatic heterocycles. The Bertz CT molecular complexity index is 1310. The first kappa shape index (κ1) is 20.7. The first-order chi connectivity index (χ1) is 15.4. The van der Waals surface area contributed by atoms with Gasteiger partial charge in [0.25, 0.3) is 11.8 Å². The number of thiophene rings is 1. The molecular weight excluding hydrogens is 426 g/mol. The number of aromatic nitrogens is 4. The van der Waals surface area contributed by atoms with Gasteiger partial charge in [0.2, 0.25) is 5.65 Å². The zero-order chi connectivity index (χ0) is 22.4. The molecule has 0 saturated carbocycles. The first-order valence-electron chi connectivity index (χ1n) is 10.4. The van der Waals surface area contributed by atoms with Gasteiger partial charge < -0.3 is 19.9 Å². The first-order valence-corrected chi connectivity index (χ1v) is 11.3. The Kier molecular flexibility index (Phi) is 5.18. The highest BCUT2D eigenvalue weighted by atomic mass is 32.1. The van der Waals surface area contributed by atoms with Crippen molar-refractivity contribution >= 4 is 44.7 Å². The minimum Gasteiger partial charge on any atom is -0.478 e. The molecule has 9 nitrogen and oxygen atoms in total. The molecule has 0 aliphatic carbocycles. The number of amides is 1. The zero-order valence-electron chi connectivity index (χ0n) is 18.5. The van der Waals surface area contributed by atoms with Gasteiger partial charge in [0.05, 0.1) is 23.9 Å². The molecule has 0 radical (unpaired) electrons. The molecule has 1 amide bonds. The van der Waals surface area contributed by atoms with Gasteiger partial charge in [-0.25, -0.2) is 9.97 Å². The monoisotopic (exact) mass is 451 g/mol. The number of fused-ring (bicyclic) bond motifs is 2. The lowest BCUT2D eigenvalue weighted by molar-refractivity contribution is 0.103. The van der Waals surface area contributed by atoms with Crippen LogP contribution in [0.5, 0.6) is 5.88 Å². The lowest BCUT2D eigenvalue weighted by Gasteiger charge is -2.21. The molecule has 1 aliphatic rings. The average molecular weight is 452 g/mol. The second kappa shape index (κ2) is 8.03. The lowest BCUT2D eigenvalue weighted by Crippen LogP contribution is -2.31. The number of rotatable bonds is 5. The van der Waals surface area contributed by atoms with Gasteiger partial charge in [0, 0.05) is 30.7 Å². The van der Waals surface area contributed by atoms with Crippen molar-refractivity contribution in [3.63, 3.8) is 0 Å². The molecule has 5 rings (SSSR count). The molecule has 5 heterocycles. The summed E-state index contributed by atoms with van der Waals surface area (Å²) in [6.07, 6.45) is 4.72. The van der Waals surface area contributed by atoms with Crippen LogP contribution in [-0.4, -0.2) is 70.5 Å². The summed E-state index contributed by atoms with van der Waals surface area (Å²) < 4.78 is 7.14. The Morgan fingerprint density at radius 2 is 2.09 bits per heavy atom. The maximum absolute atomic E-state index is 12.9. The van der Waals surface area contributed by atoms with Crippen molar-refractivity contribution in [3.8, 4) is 5.88 Å². The number of anilines is 2. The molecule has 0 spiro atoms. The normalized spacial score (nSPS) is 16.4. The van der Waals surface area contributed by atoms with Crippen LogP contribution in [0.2, 0.25) is 0 Å². The molecule has 1 atom stereocenters. The van der Waals surface area contributed by atoms with Crippen LogP contribution in [0.3, 0.4) is 0 Å². The summed E-state index contributed by atoms with van der Waals surface area (Å²) in [5.74, 6) is 1.49. The van der Waals surface area contributed by atoms with Crippen molar-refractivity contribution in [3.05, 3.63) is 41.2 Å². The Labute approximate surface area is 189 Å². The maximum atomic E-state index is 12.9. The molecule has 0 bridgehead atoms. The molecule has 1 saturated heterocycles. The van der Waals surface area contributed by atoms with Crippen molar-refractivity contribution in [2.45, 2.75) is 19.4 Å². The topological polar surface area (TPSA) is 87.9 Å². The number of carbonyl (C=O) groups excluding carboxylic acids is 1. The third-order valence-corrected chi connectivity index (χ3v) is 6.82. The molecule has 4 aromatic heterocycles. The van der Waals surface area contributed by atoms with Gasteiger partial charge in [-0.05, 0) is 45.6 Å². The van der Waals surface area contributed by atoms with Crippen LogP contribution in [0.1, 0.15) is 21.8 Å². The van der Waals surface area contributed by atoms with Gasteiger partial charge in [-0.3, -0.25) is 9.20 Å². The van der Waals surface area contributed by atoms with Crippen LogP contribution in [0, 0.1) is 6.92 Å². The summed E-state index contributed by atoms with van der Waals surface area (Å²) in [7, 11) is 5.77. The van der Waals surface area contributed by atoms with E-state index in [2.05, 4.69) is 39.2 Å². The molecule has 1 fully saturated rings. The zero-order valence-corrected chi connectivity index (χ0v) is 19.3. The van der Waals surface area contributed by atoms with Crippen molar-refractivity contribution in [1.82, 2.24) is 24.3 Å². The molecule has 10 heteroatoms. The smallest absolute Gasteiger partial charge is 0.267 e. The number of imidazole rings is 1. The summed E-state index contributed by atoms with van der Waals surface area (Å²) >= 11 is 1.38. The summed E-state index contributed by atoms with van der Waals surface area (Å²) in [6.45, 7) is 3.85. The van der Waals surface area contributed by atoms with Gasteiger partial charge in [-0.2, -0.15) is 4.98 Å². The number of hydrogen-bond donors (Lipinski definition) is 1. The molecule has 1 unspecified atom stereocenters. The molecule has 166 valence electrons. The number of pyridine rings is 1. The largest absolute Gasteiger partial charge is 0.478 e. The fourth-order valence-corrected chi connectivity index (χ4v) is 4.96. The number of likely N-dealkylation sites (N-methyl/N-ethyl adjacent to an activating group) is 1. The number of carbonyl (C=O) groups is 1. The van der Waals surface area contributed by atoms with E-state index in [0.29, 0.717) is 28.3 Å². The predicted molar refractivity (Wildman–Crippen MR) is 126 cm³/mol. The van der Waals surface area contributed by atoms with E-state index >= 15 is 0 Å². The molecule has 1 N–H and O–H groups in total. The van der Waals surface area contributed by atoms with E-state index < -0.39 is 0 Å². The Morgan fingerprint density at radius 3 is 2.84 bits per heavy atom. The maximum Gasteiger partial charge on any atom is 0.267 e. The second-order valence-corrected chi connectivity index (χ2v) is 9.26. The lowest BCUT2D eigenvalue weighted by atomic mass is 10.2. The quantitative estimate of drug-likeness (QED) is 0.499. The standard InChI is InChI=1S/C22H25N7O2S/c1-13-10-29-12-17(25-21(31-4)19(29)23-13)24-20(30)16-9-14-5-6-18(26-22(14)32-16)28-8-7-15(11-28)27(2)3/h5-6,9-10,12,15H,7-8,11H2,1-4H3,(H,24,30). The van der Waals surface area contributed by atoms with Gasteiger partial charge in [0.15, 0.2) is 5.82 Å². The number of ether oxygens (including phenoxy) is 1. The van der Waals surface area contributed by atoms with E-state index in [9.17, 15) is 4.79 Å². The molecule has 32 heavy (non-hydrogen) atoms. The van der Waals surface area contributed by atoms with Crippen molar-refractivity contribution in [1.29, 1.82) is 0 Å². The molecular formula is C22H25N7O2S. The number of nitrogens with one attached hydrogen (secondary N) is 1. The van der Waals surface area contributed by atoms with E-state index in [4.69, 9.17) is 9.72 Å². The Hall–Kier alpha value is -3.24. The summed E-state index contributed by atoms with van der Waals surface area (Å²) in [5.41, 5.74) is 1.45. The van der Waals surface area contributed by atoms with E-state index in [1.165, 1.54) is 18.4 Å². The molecule has 0 aromatic carbocycles. The highest BCUT2D eigenvalue weighted by Gasteiger charge is 2.25. The van der Waals surface area contributed by atoms with Crippen molar-refractivity contribution < 1.29 is 9.53 Å². The molecule has 4 aromatic rings. The van der Waals surface area contributed by atoms with Gasteiger partial charge in [0.1, 0.15) is 10.6 Å². The average Bonchev–Trinajstić information content (AvgIpc) is 3.49. The van der Waals surface area contributed by atoms with E-state index in [0.717, 1.165) is 41.2 Å². The second-order valence-electron chi connectivity index (χ2n) is 8.23. The van der Waals surface area contributed by atoms with Gasteiger partial charge >= 0.3 is 0 Å². The highest BCUT2D eigenvalue weighted by molar-refractivity contribution is 7.20. The van der Waals surface area contributed by atoms with Crippen molar-refractivity contribution in [2.75, 3.05) is 44.5 Å². The third kappa shape index (κ3) is 3.76. The van der Waals surface area contributed by atoms with Crippen LogP contribution in [0.4, 0.5) is 11.6 Å². The summed E-state index contributed by atoms with van der Waals surface area (Å²) in [4.78, 5) is 32.5. The van der Waals surface area contributed by atoms with E-state index in [1.54, 1.807) is 10.6 Å². The Morgan fingerprint density at radius 1 is 1.25 bits per heavy atom. The van der Waals surface area contributed by atoms with Crippen LogP contribution >= 0.6 is 11.3 Å². The van der Waals surface area contributed by atoms with Crippen molar-refractivity contribution in [2.24, 2.45) is 0 Å². The minimum absolute atomic E-state index is 0.228. The van der Waals surface area contributed by atoms with Crippen LogP contribution in [0.15, 0.2) is 30.6 Å². The minimum atomic E-state index is -0.228. The highest BCUT2D eigenvalue weighted by Crippen LogP contribution is 2.29. The summed E-state index contributed by atoms with van der Waals surface area (Å²) in [6, 6.07) is 6.49. The van der Waals surface area contributed by atoms with Crippen LogP contribution < -0.4 is 15.0 Å². The Balaban J connectivity index is 1.38. The number of nitrogens with zero attached hydrogens (tertiary/aromatic N) is 6.